The molecular formula is C13H29BN3O7S+. The number of nitrogens with two attached hydrogens (primary N) is 1. The number of likely N-dealkylation sites (N-methyl/N-ethyl adjacent to an activating group) is 1. The van der Waals surface area contributed by atoms with Crippen molar-refractivity contribution in [3.05, 3.63) is 0 Å². The first-order valence-corrected chi connectivity index (χ1v) is 9.48. The van der Waals surface area contributed by atoms with Gasteiger partial charge in [0.25, 0.3) is 0 Å². The second-order valence-electron chi connectivity index (χ2n) is 7.54. The van der Waals surface area contributed by atoms with E-state index in [0.29, 0.717) is 17.4 Å². The number of carbonyl (C=O) groups is 1. The zero-order valence-electron chi connectivity index (χ0n) is 15.0. The lowest BCUT2D eigenvalue weighted by atomic mass is 9.78. The van der Waals surface area contributed by atoms with Crippen molar-refractivity contribution in [2.24, 2.45) is 11.7 Å². The molecule has 1 fully saturated rings. The van der Waals surface area contributed by atoms with Crippen LogP contribution in [-0.2, 0) is 19.3 Å². The van der Waals surface area contributed by atoms with Crippen LogP contribution in [0.15, 0.2) is 0 Å². The fraction of sp³-hybridized carbons (Fsp3) is 0.923. The van der Waals surface area contributed by atoms with Crippen LogP contribution in [0.25, 0.3) is 0 Å². The first-order valence-electron chi connectivity index (χ1n) is 8.11. The van der Waals surface area contributed by atoms with E-state index in [1.54, 1.807) is 0 Å². The Hall–Kier alpha value is -0.755. The van der Waals surface area contributed by atoms with Crippen molar-refractivity contribution in [1.82, 2.24) is 4.31 Å². The molecule has 1 rings (SSSR count). The van der Waals surface area contributed by atoms with Gasteiger partial charge in [-0.05, 0) is 12.7 Å². The van der Waals surface area contributed by atoms with E-state index in [1.807, 2.05) is 21.1 Å². The van der Waals surface area contributed by atoms with E-state index in [4.69, 9.17) is 20.0 Å². The quantitative estimate of drug-likeness (QED) is 0.248. The molecule has 1 heterocycles. The Balaban J connectivity index is 2.77. The molecule has 5 N–H and O–H groups in total. The van der Waals surface area contributed by atoms with Crippen LogP contribution in [0.2, 0.25) is 6.32 Å². The Morgan fingerprint density at radius 3 is 2.48 bits per heavy atom. The molecule has 12 heteroatoms. The van der Waals surface area contributed by atoms with E-state index in [2.05, 4.69) is 0 Å². The van der Waals surface area contributed by atoms with Crippen molar-refractivity contribution in [2.45, 2.75) is 24.7 Å². The van der Waals surface area contributed by atoms with Gasteiger partial charge in [0.15, 0.2) is 0 Å². The predicted octanol–water partition coefficient (Wildman–Crippen LogP) is -2.08. The maximum atomic E-state index is 12.3. The Kier molecular flexibility index (Phi) is 7.39. The standard InChI is InChI=1S/C13H28BN3O7S/c1-17(2,3)7-8-24-25(22,23)16-9-11(5-4-6-14(20)21)13(15,10-16)12(18)19/h11,20-21H,4-10,15H2,1-3H3/p+1/t11-,13-/m0/s1. The van der Waals surface area contributed by atoms with Gasteiger partial charge < -0.3 is 25.4 Å². The highest BCUT2D eigenvalue weighted by Gasteiger charge is 2.52. The van der Waals surface area contributed by atoms with Crippen LogP contribution >= 0.6 is 0 Å². The molecule has 0 aromatic carbocycles. The van der Waals surface area contributed by atoms with Crippen molar-refractivity contribution in [1.29, 1.82) is 0 Å². The van der Waals surface area contributed by atoms with Gasteiger partial charge in [-0.3, -0.25) is 8.98 Å². The number of rotatable bonds is 10. The third-order valence-electron chi connectivity index (χ3n) is 4.31. The van der Waals surface area contributed by atoms with Crippen LogP contribution in [0.1, 0.15) is 12.8 Å². The topological polar surface area (TPSA) is 150 Å². The van der Waals surface area contributed by atoms with Crippen molar-refractivity contribution in [3.8, 4) is 0 Å². The summed E-state index contributed by atoms with van der Waals surface area (Å²) in [5.41, 5.74) is 4.23. The molecule has 0 radical (unpaired) electrons. The van der Waals surface area contributed by atoms with E-state index >= 15 is 0 Å². The third kappa shape index (κ3) is 6.48. The maximum Gasteiger partial charge on any atom is 0.451 e. The molecular weight excluding hydrogens is 353 g/mol. The van der Waals surface area contributed by atoms with E-state index in [9.17, 15) is 18.3 Å². The highest BCUT2D eigenvalue weighted by molar-refractivity contribution is 7.84. The Morgan fingerprint density at radius 1 is 1.40 bits per heavy atom. The summed E-state index contributed by atoms with van der Waals surface area (Å²) in [4.78, 5) is 11.6. The number of carboxylic acids is 1. The second kappa shape index (κ2) is 8.29. The average molecular weight is 382 g/mol. The van der Waals surface area contributed by atoms with Crippen LogP contribution in [0.4, 0.5) is 0 Å². The largest absolute Gasteiger partial charge is 0.480 e. The SMILES string of the molecule is C[N+](C)(C)CCOS(=O)(=O)N1C[C@H](CCCB(O)O)[C@](N)(C(=O)O)C1. The van der Waals surface area contributed by atoms with E-state index < -0.39 is 34.8 Å². The molecule has 0 bridgehead atoms. The molecule has 1 aliphatic rings. The number of nitrogens with zero attached hydrogens (tertiary/aromatic N) is 2. The highest BCUT2D eigenvalue weighted by Crippen LogP contribution is 2.32. The predicted molar refractivity (Wildman–Crippen MR) is 91.6 cm³/mol. The molecule has 0 aromatic rings. The number of hydrogen-bond acceptors (Lipinski definition) is 7. The van der Waals surface area contributed by atoms with Gasteiger partial charge in [0.1, 0.15) is 18.7 Å². The van der Waals surface area contributed by atoms with Gasteiger partial charge in [-0.25, -0.2) is 0 Å². The third-order valence-corrected chi connectivity index (χ3v) is 5.69. The molecule has 0 amide bonds. The Labute approximate surface area is 149 Å². The Bertz CT molecular complexity index is 566. The first kappa shape index (κ1) is 22.3. The van der Waals surface area contributed by atoms with Gasteiger partial charge >= 0.3 is 23.4 Å². The van der Waals surface area contributed by atoms with Crippen molar-refractivity contribution < 1.29 is 37.0 Å². The molecule has 0 spiro atoms. The summed E-state index contributed by atoms with van der Waals surface area (Å²) < 4.78 is 31.1. The molecule has 146 valence electrons. The molecule has 0 unspecified atom stereocenters. The second-order valence-corrected chi connectivity index (χ2v) is 9.15. The van der Waals surface area contributed by atoms with E-state index in [-0.39, 0.29) is 32.4 Å². The fourth-order valence-corrected chi connectivity index (χ4v) is 3.86. The lowest BCUT2D eigenvalue weighted by Crippen LogP contribution is -2.55. The Morgan fingerprint density at radius 2 is 2.00 bits per heavy atom. The van der Waals surface area contributed by atoms with Crippen molar-refractivity contribution in [2.75, 3.05) is 47.4 Å². The molecule has 0 saturated carbocycles. The van der Waals surface area contributed by atoms with Gasteiger partial charge in [0, 0.05) is 19.0 Å². The summed E-state index contributed by atoms with van der Waals surface area (Å²) in [5, 5.41) is 27.2. The van der Waals surface area contributed by atoms with Gasteiger partial charge in [0.2, 0.25) is 0 Å². The van der Waals surface area contributed by atoms with Gasteiger partial charge in [0.05, 0.1) is 21.1 Å². The summed E-state index contributed by atoms with van der Waals surface area (Å²) in [5.74, 6) is -1.92. The van der Waals surface area contributed by atoms with Crippen LogP contribution < -0.4 is 5.73 Å². The summed E-state index contributed by atoms with van der Waals surface area (Å²) in [6.07, 6.45) is 0.662. The molecule has 0 aliphatic carbocycles. The van der Waals surface area contributed by atoms with Crippen LogP contribution in [0.5, 0.6) is 0 Å². The minimum absolute atomic E-state index is 0.0195. The first-order chi connectivity index (χ1) is 11.3. The number of quaternary nitrogens is 1. The molecule has 1 saturated heterocycles. The molecule has 25 heavy (non-hydrogen) atoms. The molecule has 0 aromatic heterocycles. The van der Waals surface area contributed by atoms with Gasteiger partial charge in [-0.2, -0.15) is 12.7 Å². The summed E-state index contributed by atoms with van der Waals surface area (Å²) in [6.45, 7) is 0.00432. The fourth-order valence-electron chi connectivity index (χ4n) is 2.69. The summed E-state index contributed by atoms with van der Waals surface area (Å²) >= 11 is 0. The molecule has 10 nitrogen and oxygen atoms in total. The molecule has 2 atom stereocenters. The zero-order chi connectivity index (χ0) is 19.5. The number of hydrogen-bond donors (Lipinski definition) is 4. The lowest BCUT2D eigenvalue weighted by Gasteiger charge is -2.25. The van der Waals surface area contributed by atoms with Crippen molar-refractivity contribution >= 4 is 23.4 Å². The van der Waals surface area contributed by atoms with Gasteiger partial charge in [-0.15, -0.1) is 0 Å². The number of carboxylic acid groups (broad SMARTS) is 1. The van der Waals surface area contributed by atoms with Crippen molar-refractivity contribution in [3.63, 3.8) is 0 Å². The van der Waals surface area contributed by atoms with Crippen LogP contribution in [0.3, 0.4) is 0 Å². The van der Waals surface area contributed by atoms with Gasteiger partial charge in [-0.1, -0.05) is 6.42 Å². The van der Waals surface area contributed by atoms with Crippen LogP contribution in [0, 0.1) is 5.92 Å². The van der Waals surface area contributed by atoms with E-state index in [1.165, 1.54) is 0 Å². The highest BCUT2D eigenvalue weighted by atomic mass is 32.2. The minimum atomic E-state index is -4.08. The lowest BCUT2D eigenvalue weighted by molar-refractivity contribution is -0.870. The molecule has 1 aliphatic heterocycles. The normalized spacial score (nSPS) is 25.3. The summed E-state index contributed by atoms with van der Waals surface area (Å²) in [7, 11) is 0.118. The van der Waals surface area contributed by atoms with E-state index in [0.717, 1.165) is 4.31 Å². The zero-order valence-corrected chi connectivity index (χ0v) is 15.8. The van der Waals surface area contributed by atoms with Crippen LogP contribution in [-0.4, -0.2) is 98.4 Å². The monoisotopic (exact) mass is 382 g/mol. The smallest absolute Gasteiger partial charge is 0.451 e. The summed E-state index contributed by atoms with van der Waals surface area (Å²) in [6, 6.07) is 0. The number of aliphatic carboxylic acids is 1. The maximum absolute atomic E-state index is 12.3. The average Bonchev–Trinajstić information content (AvgIpc) is 2.76. The minimum Gasteiger partial charge on any atom is -0.480 e.